The van der Waals surface area contributed by atoms with Crippen LogP contribution in [-0.2, 0) is 14.3 Å². The molecule has 0 radical (unpaired) electrons. The molecular formula is C14H22ClFN2O4. The number of amides is 1. The Morgan fingerprint density at radius 2 is 1.91 bits per heavy atom. The minimum Gasteiger partial charge on any atom is -0.489 e. The Morgan fingerprint density at radius 3 is 2.59 bits per heavy atom. The molecule has 1 rings (SSSR count). The van der Waals surface area contributed by atoms with E-state index in [1.807, 2.05) is 0 Å². The summed E-state index contributed by atoms with van der Waals surface area (Å²) in [6, 6.07) is 3.96. The first-order valence-electron chi connectivity index (χ1n) is 6.58. The van der Waals surface area contributed by atoms with Crippen molar-refractivity contribution in [2.24, 2.45) is 0 Å². The molecule has 0 unspecified atom stereocenters. The first kappa shape index (κ1) is 20.6. The van der Waals surface area contributed by atoms with E-state index in [1.165, 1.54) is 18.2 Å². The molecule has 1 amide bonds. The number of methoxy groups -OCH3 is 2. The molecule has 8 heteroatoms. The van der Waals surface area contributed by atoms with Crippen LogP contribution in [0.4, 0.5) is 10.1 Å². The van der Waals surface area contributed by atoms with Crippen LogP contribution in [-0.4, -0.2) is 53.0 Å². The Balaban J connectivity index is 0.00000441. The molecule has 1 aromatic rings. The van der Waals surface area contributed by atoms with Crippen LogP contribution < -0.4 is 15.4 Å². The fourth-order valence-corrected chi connectivity index (χ4v) is 1.53. The molecule has 0 aromatic heterocycles. The van der Waals surface area contributed by atoms with Gasteiger partial charge in [0.15, 0.2) is 0 Å². The van der Waals surface area contributed by atoms with E-state index in [4.69, 9.17) is 14.2 Å². The van der Waals surface area contributed by atoms with Crippen LogP contribution in [0.1, 0.15) is 0 Å². The standard InChI is InChI=1S/C14H21FN2O4.ClH/c1-19-6-5-16-10-14(18)17-12-9-11(15)3-4-13(12)21-8-7-20-2;/h3-4,9,16H,5-8,10H2,1-2H3,(H,17,18);1H. The number of rotatable bonds is 10. The van der Waals surface area contributed by atoms with Crippen molar-refractivity contribution in [1.82, 2.24) is 5.32 Å². The van der Waals surface area contributed by atoms with Gasteiger partial charge in [0.1, 0.15) is 18.2 Å². The van der Waals surface area contributed by atoms with Crippen LogP contribution in [0.25, 0.3) is 0 Å². The molecule has 0 atom stereocenters. The third-order valence-corrected chi connectivity index (χ3v) is 2.53. The maximum atomic E-state index is 13.3. The van der Waals surface area contributed by atoms with E-state index in [2.05, 4.69) is 10.6 Å². The zero-order valence-electron chi connectivity index (χ0n) is 12.7. The van der Waals surface area contributed by atoms with Crippen molar-refractivity contribution in [2.45, 2.75) is 0 Å². The molecule has 0 saturated heterocycles. The minimum absolute atomic E-state index is 0. The third-order valence-electron chi connectivity index (χ3n) is 2.53. The summed E-state index contributed by atoms with van der Waals surface area (Å²) >= 11 is 0. The van der Waals surface area contributed by atoms with Crippen LogP contribution in [0.5, 0.6) is 5.75 Å². The molecular weight excluding hydrogens is 315 g/mol. The normalized spacial score (nSPS) is 9.95. The summed E-state index contributed by atoms with van der Waals surface area (Å²) in [6.45, 7) is 1.90. The molecule has 0 spiro atoms. The summed E-state index contributed by atoms with van der Waals surface area (Å²) < 4.78 is 28.4. The second-order valence-electron chi connectivity index (χ2n) is 4.20. The van der Waals surface area contributed by atoms with Crippen LogP contribution in [0, 0.1) is 5.82 Å². The Bertz CT molecular complexity index is 449. The van der Waals surface area contributed by atoms with Gasteiger partial charge in [-0.3, -0.25) is 4.79 Å². The van der Waals surface area contributed by atoms with Crippen molar-refractivity contribution < 1.29 is 23.4 Å². The Labute approximate surface area is 135 Å². The largest absolute Gasteiger partial charge is 0.489 e. The predicted molar refractivity (Wildman–Crippen MR) is 84.4 cm³/mol. The molecule has 1 aromatic carbocycles. The highest BCUT2D eigenvalue weighted by molar-refractivity contribution is 5.93. The molecule has 2 N–H and O–H groups in total. The Kier molecular flexibility index (Phi) is 11.4. The second-order valence-corrected chi connectivity index (χ2v) is 4.20. The van der Waals surface area contributed by atoms with E-state index in [1.54, 1.807) is 14.2 Å². The third kappa shape index (κ3) is 8.14. The molecule has 0 heterocycles. The topological polar surface area (TPSA) is 68.8 Å². The molecule has 0 aliphatic carbocycles. The van der Waals surface area contributed by atoms with Crippen molar-refractivity contribution >= 4 is 24.0 Å². The number of hydrogen-bond donors (Lipinski definition) is 2. The first-order chi connectivity index (χ1) is 10.2. The molecule has 0 fully saturated rings. The number of carbonyl (C=O) groups excluding carboxylic acids is 1. The number of anilines is 1. The first-order valence-corrected chi connectivity index (χ1v) is 6.58. The zero-order valence-corrected chi connectivity index (χ0v) is 13.5. The highest BCUT2D eigenvalue weighted by Crippen LogP contribution is 2.25. The summed E-state index contributed by atoms with van der Waals surface area (Å²) in [6.07, 6.45) is 0. The fourth-order valence-electron chi connectivity index (χ4n) is 1.53. The lowest BCUT2D eigenvalue weighted by Gasteiger charge is -2.12. The van der Waals surface area contributed by atoms with E-state index in [-0.39, 0.29) is 24.9 Å². The second kappa shape index (κ2) is 12.2. The van der Waals surface area contributed by atoms with Crippen molar-refractivity contribution in [1.29, 1.82) is 0 Å². The Hall–Kier alpha value is -1.41. The molecule has 126 valence electrons. The SMILES string of the molecule is COCCNCC(=O)Nc1cc(F)ccc1OCCOC.Cl. The van der Waals surface area contributed by atoms with Gasteiger partial charge >= 0.3 is 0 Å². The van der Waals surface area contributed by atoms with Gasteiger partial charge in [0.05, 0.1) is 25.4 Å². The maximum absolute atomic E-state index is 13.3. The minimum atomic E-state index is -0.447. The highest BCUT2D eigenvalue weighted by Gasteiger charge is 2.09. The molecule has 6 nitrogen and oxygen atoms in total. The Morgan fingerprint density at radius 1 is 1.18 bits per heavy atom. The number of ether oxygens (including phenoxy) is 3. The van der Waals surface area contributed by atoms with Gasteiger partial charge < -0.3 is 24.8 Å². The van der Waals surface area contributed by atoms with Gasteiger partial charge in [0.25, 0.3) is 0 Å². The average molecular weight is 337 g/mol. The van der Waals surface area contributed by atoms with Gasteiger partial charge in [-0.1, -0.05) is 0 Å². The number of benzene rings is 1. The monoisotopic (exact) mass is 336 g/mol. The van der Waals surface area contributed by atoms with Crippen LogP contribution in [0.15, 0.2) is 18.2 Å². The highest BCUT2D eigenvalue weighted by atomic mass is 35.5. The van der Waals surface area contributed by atoms with Crippen molar-refractivity contribution in [3.8, 4) is 5.75 Å². The molecule has 22 heavy (non-hydrogen) atoms. The van der Waals surface area contributed by atoms with Crippen molar-refractivity contribution in [3.63, 3.8) is 0 Å². The van der Waals surface area contributed by atoms with Crippen LogP contribution >= 0.6 is 12.4 Å². The molecule has 0 bridgehead atoms. The van der Waals surface area contributed by atoms with E-state index in [9.17, 15) is 9.18 Å². The van der Waals surface area contributed by atoms with Crippen LogP contribution in [0.3, 0.4) is 0 Å². The van der Waals surface area contributed by atoms with E-state index in [0.717, 1.165) is 0 Å². The van der Waals surface area contributed by atoms with E-state index >= 15 is 0 Å². The van der Waals surface area contributed by atoms with Crippen molar-refractivity contribution in [3.05, 3.63) is 24.0 Å². The maximum Gasteiger partial charge on any atom is 0.238 e. The number of carbonyl (C=O) groups is 1. The summed E-state index contributed by atoms with van der Waals surface area (Å²) in [7, 11) is 3.14. The summed E-state index contributed by atoms with van der Waals surface area (Å²) in [5, 5.41) is 5.51. The van der Waals surface area contributed by atoms with Crippen LogP contribution in [0.2, 0.25) is 0 Å². The van der Waals surface area contributed by atoms with Gasteiger partial charge in [0, 0.05) is 26.8 Å². The number of hydrogen-bond acceptors (Lipinski definition) is 5. The summed E-state index contributed by atoms with van der Waals surface area (Å²) in [4.78, 5) is 11.8. The lowest BCUT2D eigenvalue weighted by Crippen LogP contribution is -2.30. The zero-order chi connectivity index (χ0) is 15.5. The van der Waals surface area contributed by atoms with Gasteiger partial charge in [-0.05, 0) is 12.1 Å². The molecule has 0 aliphatic heterocycles. The fraction of sp³-hybridized carbons (Fsp3) is 0.500. The van der Waals surface area contributed by atoms with Gasteiger partial charge in [-0.2, -0.15) is 0 Å². The van der Waals surface area contributed by atoms with Gasteiger partial charge in [-0.25, -0.2) is 4.39 Å². The van der Waals surface area contributed by atoms with E-state index < -0.39 is 5.82 Å². The molecule has 0 saturated carbocycles. The quantitative estimate of drug-likeness (QED) is 0.633. The smallest absolute Gasteiger partial charge is 0.238 e. The van der Waals surface area contributed by atoms with Crippen molar-refractivity contribution in [2.75, 3.05) is 52.4 Å². The summed E-state index contributed by atoms with van der Waals surface area (Å²) in [5.41, 5.74) is 0.296. The van der Waals surface area contributed by atoms with Gasteiger partial charge in [0.2, 0.25) is 5.91 Å². The number of halogens is 2. The lowest BCUT2D eigenvalue weighted by atomic mass is 10.2. The molecule has 0 aliphatic rings. The van der Waals surface area contributed by atoms with E-state index in [0.29, 0.717) is 37.8 Å². The lowest BCUT2D eigenvalue weighted by molar-refractivity contribution is -0.115. The van der Waals surface area contributed by atoms with Gasteiger partial charge in [-0.15, -0.1) is 12.4 Å². The average Bonchev–Trinajstić information content (AvgIpc) is 2.46. The summed E-state index contributed by atoms with van der Waals surface area (Å²) in [5.74, 6) is -0.330. The number of nitrogens with one attached hydrogen (secondary N) is 2. The predicted octanol–water partition coefficient (Wildman–Crippen LogP) is 1.45.